The second kappa shape index (κ2) is 7.08. The monoisotopic (exact) mass is 307 g/mol. The fraction of sp³-hybridized carbons (Fsp3) is 0.267. The number of benzene rings is 1. The predicted molar refractivity (Wildman–Crippen MR) is 85.1 cm³/mol. The highest BCUT2D eigenvalue weighted by molar-refractivity contribution is 7.18. The van der Waals surface area contributed by atoms with Crippen LogP contribution in [0.15, 0.2) is 30.3 Å². The molecule has 4 nitrogen and oxygen atoms in total. The number of amides is 1. The minimum atomic E-state index is -0.254. The molecule has 4 N–H and O–H groups in total. The highest BCUT2D eigenvalue weighted by atomic mass is 32.1. The largest absolute Gasteiger partial charge is 0.397 e. The summed E-state index contributed by atoms with van der Waals surface area (Å²) in [6.07, 6.45) is 0.870. The minimum Gasteiger partial charge on any atom is -0.397 e. The highest BCUT2D eigenvalue weighted by Gasteiger charge is 2.14. The summed E-state index contributed by atoms with van der Waals surface area (Å²) in [6, 6.07) is 8.27. The summed E-state index contributed by atoms with van der Waals surface area (Å²) in [6.45, 7) is 2.95. The van der Waals surface area contributed by atoms with E-state index in [4.69, 9.17) is 5.73 Å². The molecule has 2 rings (SSSR count). The zero-order chi connectivity index (χ0) is 15.2. The fourth-order valence-corrected chi connectivity index (χ4v) is 2.70. The van der Waals surface area contributed by atoms with Crippen molar-refractivity contribution >= 4 is 27.9 Å². The molecule has 0 radical (unpaired) electrons. The van der Waals surface area contributed by atoms with Gasteiger partial charge in [0, 0.05) is 18.7 Å². The Labute approximate surface area is 127 Å². The van der Waals surface area contributed by atoms with Crippen molar-refractivity contribution in [2.24, 2.45) is 0 Å². The Morgan fingerprint density at radius 2 is 2.14 bits per heavy atom. The third-order valence-corrected chi connectivity index (χ3v) is 4.02. The Kier molecular flexibility index (Phi) is 5.16. The molecule has 0 fully saturated rings. The van der Waals surface area contributed by atoms with Gasteiger partial charge in [-0.25, -0.2) is 4.39 Å². The van der Waals surface area contributed by atoms with Gasteiger partial charge in [0.1, 0.15) is 10.7 Å². The lowest BCUT2D eigenvalue weighted by Gasteiger charge is -2.04. The van der Waals surface area contributed by atoms with Gasteiger partial charge in [0.05, 0.1) is 10.7 Å². The van der Waals surface area contributed by atoms with Crippen molar-refractivity contribution in [3.05, 3.63) is 46.6 Å². The van der Waals surface area contributed by atoms with Gasteiger partial charge in [-0.15, -0.1) is 11.3 Å². The number of carbonyl (C=O) groups is 1. The molecule has 1 heterocycles. The van der Waals surface area contributed by atoms with Crippen LogP contribution in [0.25, 0.3) is 0 Å². The normalized spacial score (nSPS) is 10.4. The van der Waals surface area contributed by atoms with E-state index in [1.807, 2.05) is 6.92 Å². The topological polar surface area (TPSA) is 67.2 Å². The first-order valence-electron chi connectivity index (χ1n) is 6.76. The third-order valence-electron chi connectivity index (χ3n) is 2.91. The van der Waals surface area contributed by atoms with Crippen LogP contribution in [0, 0.1) is 5.82 Å². The Morgan fingerprint density at radius 3 is 2.86 bits per heavy atom. The second-order valence-corrected chi connectivity index (χ2v) is 5.65. The molecule has 2 aromatic rings. The summed E-state index contributed by atoms with van der Waals surface area (Å²) in [7, 11) is 0. The second-order valence-electron chi connectivity index (χ2n) is 4.60. The van der Waals surface area contributed by atoms with Crippen LogP contribution < -0.4 is 16.4 Å². The molecule has 0 aliphatic heterocycles. The molecule has 112 valence electrons. The fourth-order valence-electron chi connectivity index (χ4n) is 1.81. The molecule has 1 aromatic heterocycles. The van der Waals surface area contributed by atoms with Gasteiger partial charge in [-0.05, 0) is 18.6 Å². The SMILES string of the molecule is CCCNC(=O)c1sc(NCc2ccccc2F)cc1N. The van der Waals surface area contributed by atoms with E-state index in [2.05, 4.69) is 10.6 Å². The Morgan fingerprint density at radius 1 is 1.38 bits per heavy atom. The first kappa shape index (κ1) is 15.3. The van der Waals surface area contributed by atoms with Crippen LogP contribution in [-0.2, 0) is 6.54 Å². The zero-order valence-electron chi connectivity index (χ0n) is 11.8. The Bertz CT molecular complexity index is 627. The molecule has 0 aliphatic carbocycles. The van der Waals surface area contributed by atoms with Crippen molar-refractivity contribution in [3.8, 4) is 0 Å². The summed E-state index contributed by atoms with van der Waals surface area (Å²) < 4.78 is 13.5. The van der Waals surface area contributed by atoms with E-state index in [0.29, 0.717) is 29.2 Å². The van der Waals surface area contributed by atoms with Crippen molar-refractivity contribution in [2.45, 2.75) is 19.9 Å². The number of anilines is 2. The van der Waals surface area contributed by atoms with Crippen LogP contribution in [-0.4, -0.2) is 12.5 Å². The molecule has 0 atom stereocenters. The van der Waals surface area contributed by atoms with Gasteiger partial charge < -0.3 is 16.4 Å². The van der Waals surface area contributed by atoms with Gasteiger partial charge in [-0.1, -0.05) is 25.1 Å². The molecule has 0 saturated carbocycles. The van der Waals surface area contributed by atoms with Crippen molar-refractivity contribution in [3.63, 3.8) is 0 Å². The van der Waals surface area contributed by atoms with Crippen LogP contribution in [0.2, 0.25) is 0 Å². The molecule has 0 spiro atoms. The molecule has 0 bridgehead atoms. The van der Waals surface area contributed by atoms with Gasteiger partial charge in [-0.2, -0.15) is 0 Å². The van der Waals surface area contributed by atoms with E-state index in [9.17, 15) is 9.18 Å². The number of carbonyl (C=O) groups excluding carboxylic acids is 1. The summed E-state index contributed by atoms with van der Waals surface area (Å²) in [5.41, 5.74) is 6.85. The zero-order valence-corrected chi connectivity index (χ0v) is 12.6. The van der Waals surface area contributed by atoms with E-state index in [0.717, 1.165) is 11.4 Å². The number of nitrogens with two attached hydrogens (primary N) is 1. The molecule has 0 aliphatic rings. The average Bonchev–Trinajstić information content (AvgIpc) is 2.85. The van der Waals surface area contributed by atoms with Crippen molar-refractivity contribution in [2.75, 3.05) is 17.6 Å². The Balaban J connectivity index is 2.02. The van der Waals surface area contributed by atoms with Gasteiger partial charge in [-0.3, -0.25) is 4.79 Å². The standard InChI is InChI=1S/C15H18FN3OS/c1-2-7-18-15(20)14-12(17)8-13(21-14)19-9-10-5-3-4-6-11(10)16/h3-6,8,19H,2,7,9,17H2,1H3,(H,18,20). The molecule has 1 aromatic carbocycles. The quantitative estimate of drug-likeness (QED) is 0.767. The molecular weight excluding hydrogens is 289 g/mol. The van der Waals surface area contributed by atoms with E-state index in [1.54, 1.807) is 24.3 Å². The molecule has 0 saturated heterocycles. The summed E-state index contributed by atoms with van der Waals surface area (Å²) in [5, 5.41) is 6.63. The molecule has 1 amide bonds. The summed E-state index contributed by atoms with van der Waals surface area (Å²) in [5.74, 6) is -0.422. The van der Waals surface area contributed by atoms with Crippen molar-refractivity contribution < 1.29 is 9.18 Å². The van der Waals surface area contributed by atoms with Crippen molar-refractivity contribution in [1.82, 2.24) is 5.32 Å². The van der Waals surface area contributed by atoms with E-state index < -0.39 is 0 Å². The van der Waals surface area contributed by atoms with E-state index in [-0.39, 0.29) is 11.7 Å². The maximum atomic E-state index is 13.5. The molecular formula is C15H18FN3OS. The number of nitrogen functional groups attached to an aromatic ring is 1. The smallest absolute Gasteiger partial charge is 0.263 e. The number of rotatable bonds is 6. The van der Waals surface area contributed by atoms with Gasteiger partial charge in [0.25, 0.3) is 5.91 Å². The predicted octanol–water partition coefficient (Wildman–Crippen LogP) is 3.22. The minimum absolute atomic E-state index is 0.168. The first-order chi connectivity index (χ1) is 10.1. The van der Waals surface area contributed by atoms with Crippen LogP contribution in [0.3, 0.4) is 0 Å². The van der Waals surface area contributed by atoms with Crippen LogP contribution >= 0.6 is 11.3 Å². The first-order valence-corrected chi connectivity index (χ1v) is 7.58. The summed E-state index contributed by atoms with van der Waals surface area (Å²) in [4.78, 5) is 12.4. The van der Waals surface area contributed by atoms with E-state index >= 15 is 0 Å². The Hall–Kier alpha value is -2.08. The van der Waals surface area contributed by atoms with Gasteiger partial charge in [0.15, 0.2) is 0 Å². The molecule has 6 heteroatoms. The third kappa shape index (κ3) is 3.95. The lowest BCUT2D eigenvalue weighted by molar-refractivity contribution is 0.0958. The highest BCUT2D eigenvalue weighted by Crippen LogP contribution is 2.29. The maximum absolute atomic E-state index is 13.5. The maximum Gasteiger partial charge on any atom is 0.263 e. The van der Waals surface area contributed by atoms with Crippen LogP contribution in [0.1, 0.15) is 28.6 Å². The van der Waals surface area contributed by atoms with Crippen LogP contribution in [0.4, 0.5) is 15.1 Å². The lowest BCUT2D eigenvalue weighted by atomic mass is 10.2. The summed E-state index contributed by atoms with van der Waals surface area (Å²) >= 11 is 1.27. The number of thiophene rings is 1. The molecule has 0 unspecified atom stereocenters. The lowest BCUT2D eigenvalue weighted by Crippen LogP contribution is -2.23. The van der Waals surface area contributed by atoms with Crippen LogP contribution in [0.5, 0.6) is 0 Å². The number of hydrogen-bond donors (Lipinski definition) is 3. The van der Waals surface area contributed by atoms with E-state index in [1.165, 1.54) is 17.4 Å². The number of halogens is 1. The molecule has 21 heavy (non-hydrogen) atoms. The van der Waals surface area contributed by atoms with Crippen molar-refractivity contribution in [1.29, 1.82) is 0 Å². The number of nitrogens with one attached hydrogen (secondary N) is 2. The van der Waals surface area contributed by atoms with Gasteiger partial charge in [0.2, 0.25) is 0 Å². The average molecular weight is 307 g/mol. The van der Waals surface area contributed by atoms with Gasteiger partial charge >= 0.3 is 0 Å². The number of hydrogen-bond acceptors (Lipinski definition) is 4.